The van der Waals surface area contributed by atoms with Crippen molar-refractivity contribution in [3.8, 4) is 0 Å². The SMILES string of the molecule is Cc1ncsc1C(Cc1cccc2ccccc12)NN. The Morgan fingerprint density at radius 1 is 1.20 bits per heavy atom. The predicted molar refractivity (Wildman–Crippen MR) is 84.6 cm³/mol. The van der Waals surface area contributed by atoms with Crippen LogP contribution in [0.5, 0.6) is 0 Å². The quantitative estimate of drug-likeness (QED) is 0.570. The zero-order valence-electron chi connectivity index (χ0n) is 11.3. The number of fused-ring (bicyclic) bond motifs is 1. The van der Waals surface area contributed by atoms with E-state index in [1.54, 1.807) is 11.3 Å². The van der Waals surface area contributed by atoms with Crippen molar-refractivity contribution in [1.82, 2.24) is 10.4 Å². The Morgan fingerprint density at radius 2 is 2.00 bits per heavy atom. The van der Waals surface area contributed by atoms with Crippen LogP contribution in [-0.4, -0.2) is 4.98 Å². The van der Waals surface area contributed by atoms with Crippen molar-refractivity contribution in [1.29, 1.82) is 0 Å². The van der Waals surface area contributed by atoms with Crippen LogP contribution < -0.4 is 11.3 Å². The molecule has 1 atom stereocenters. The van der Waals surface area contributed by atoms with Crippen LogP contribution in [0.1, 0.15) is 22.2 Å². The monoisotopic (exact) mass is 283 g/mol. The summed E-state index contributed by atoms with van der Waals surface area (Å²) in [5, 5.41) is 2.55. The van der Waals surface area contributed by atoms with Gasteiger partial charge in [-0.2, -0.15) is 0 Å². The molecule has 4 heteroatoms. The van der Waals surface area contributed by atoms with Crippen LogP contribution in [0.2, 0.25) is 0 Å². The van der Waals surface area contributed by atoms with E-state index in [0.29, 0.717) is 0 Å². The summed E-state index contributed by atoms with van der Waals surface area (Å²) in [6.07, 6.45) is 0.862. The molecule has 0 bridgehead atoms. The minimum Gasteiger partial charge on any atom is -0.271 e. The van der Waals surface area contributed by atoms with Gasteiger partial charge in [0.05, 0.1) is 17.2 Å². The first-order valence-corrected chi connectivity index (χ1v) is 7.50. The normalized spacial score (nSPS) is 12.7. The molecular weight excluding hydrogens is 266 g/mol. The molecule has 102 valence electrons. The predicted octanol–water partition coefficient (Wildman–Crippen LogP) is 3.35. The summed E-state index contributed by atoms with van der Waals surface area (Å²) in [6.45, 7) is 2.03. The van der Waals surface area contributed by atoms with Gasteiger partial charge in [0.25, 0.3) is 0 Å². The zero-order chi connectivity index (χ0) is 13.9. The van der Waals surface area contributed by atoms with E-state index in [0.717, 1.165) is 12.1 Å². The van der Waals surface area contributed by atoms with Crippen molar-refractivity contribution >= 4 is 22.1 Å². The number of nitrogens with two attached hydrogens (primary N) is 1. The van der Waals surface area contributed by atoms with Crippen molar-refractivity contribution in [2.45, 2.75) is 19.4 Å². The lowest BCUT2D eigenvalue weighted by Crippen LogP contribution is -2.29. The van der Waals surface area contributed by atoms with Gasteiger partial charge in [-0.15, -0.1) is 11.3 Å². The number of hydrogen-bond donors (Lipinski definition) is 2. The van der Waals surface area contributed by atoms with Crippen molar-refractivity contribution < 1.29 is 0 Å². The van der Waals surface area contributed by atoms with Gasteiger partial charge in [0, 0.05) is 4.88 Å². The largest absolute Gasteiger partial charge is 0.271 e. The average Bonchev–Trinajstić information content (AvgIpc) is 2.91. The van der Waals surface area contributed by atoms with E-state index < -0.39 is 0 Å². The third-order valence-electron chi connectivity index (χ3n) is 3.60. The third kappa shape index (κ3) is 2.45. The summed E-state index contributed by atoms with van der Waals surface area (Å²) in [5.74, 6) is 5.75. The Bertz CT molecular complexity index is 715. The summed E-state index contributed by atoms with van der Waals surface area (Å²) in [4.78, 5) is 5.52. The van der Waals surface area contributed by atoms with Crippen LogP contribution in [0.15, 0.2) is 48.0 Å². The second-order valence-corrected chi connectivity index (χ2v) is 5.75. The highest BCUT2D eigenvalue weighted by Gasteiger charge is 2.16. The average molecular weight is 283 g/mol. The molecule has 0 amide bonds. The standard InChI is InChI=1S/C16H17N3S/c1-11-16(20-10-18-11)15(19-17)9-13-7-4-6-12-5-2-3-8-14(12)13/h2-8,10,15,19H,9,17H2,1H3. The van der Waals surface area contributed by atoms with E-state index >= 15 is 0 Å². The van der Waals surface area contributed by atoms with Gasteiger partial charge in [-0.25, -0.2) is 4.98 Å². The zero-order valence-corrected chi connectivity index (χ0v) is 12.2. The van der Waals surface area contributed by atoms with Crippen LogP contribution in [0.3, 0.4) is 0 Å². The van der Waals surface area contributed by atoms with Crippen LogP contribution in [-0.2, 0) is 6.42 Å². The van der Waals surface area contributed by atoms with Crippen molar-refractivity contribution in [2.24, 2.45) is 5.84 Å². The van der Waals surface area contributed by atoms with Crippen LogP contribution in [0, 0.1) is 6.92 Å². The summed E-state index contributed by atoms with van der Waals surface area (Å²) in [7, 11) is 0. The Balaban J connectivity index is 1.98. The van der Waals surface area contributed by atoms with Crippen LogP contribution in [0.25, 0.3) is 10.8 Å². The fourth-order valence-electron chi connectivity index (χ4n) is 2.56. The maximum Gasteiger partial charge on any atom is 0.0798 e. The highest BCUT2D eigenvalue weighted by molar-refractivity contribution is 7.09. The fraction of sp³-hybridized carbons (Fsp3) is 0.188. The summed E-state index contributed by atoms with van der Waals surface area (Å²) >= 11 is 1.65. The molecule has 0 fully saturated rings. The molecule has 0 aliphatic heterocycles. The second kappa shape index (κ2) is 5.71. The molecule has 3 N–H and O–H groups in total. The molecule has 1 heterocycles. The topological polar surface area (TPSA) is 50.9 Å². The molecular formula is C16H17N3S. The lowest BCUT2D eigenvalue weighted by Gasteiger charge is -2.16. The molecule has 0 radical (unpaired) electrons. The number of aromatic nitrogens is 1. The molecule has 1 unspecified atom stereocenters. The molecule has 20 heavy (non-hydrogen) atoms. The van der Waals surface area contributed by atoms with Gasteiger partial charge in [-0.1, -0.05) is 42.5 Å². The lowest BCUT2D eigenvalue weighted by molar-refractivity contribution is 0.558. The van der Waals surface area contributed by atoms with E-state index in [2.05, 4.69) is 52.9 Å². The maximum absolute atomic E-state index is 5.75. The summed E-state index contributed by atoms with van der Waals surface area (Å²) in [6, 6.07) is 15.0. The summed E-state index contributed by atoms with van der Waals surface area (Å²) < 4.78 is 0. The molecule has 0 saturated heterocycles. The minimum absolute atomic E-state index is 0.105. The molecule has 3 aromatic rings. The van der Waals surface area contributed by atoms with Crippen LogP contribution >= 0.6 is 11.3 Å². The van der Waals surface area contributed by atoms with E-state index in [4.69, 9.17) is 5.84 Å². The summed E-state index contributed by atoms with van der Waals surface area (Å²) in [5.41, 5.74) is 7.16. The van der Waals surface area contributed by atoms with Gasteiger partial charge < -0.3 is 0 Å². The number of aryl methyl sites for hydroxylation is 1. The van der Waals surface area contributed by atoms with E-state index in [1.165, 1.54) is 21.2 Å². The number of hydrazine groups is 1. The maximum atomic E-state index is 5.75. The van der Waals surface area contributed by atoms with Gasteiger partial charge in [-0.3, -0.25) is 11.3 Å². The molecule has 3 nitrogen and oxygen atoms in total. The van der Waals surface area contributed by atoms with Crippen LogP contribution in [0.4, 0.5) is 0 Å². The number of rotatable bonds is 4. The first-order valence-electron chi connectivity index (χ1n) is 6.62. The van der Waals surface area contributed by atoms with Crippen molar-refractivity contribution in [2.75, 3.05) is 0 Å². The van der Waals surface area contributed by atoms with Gasteiger partial charge in [-0.05, 0) is 29.7 Å². The molecule has 2 aromatic carbocycles. The van der Waals surface area contributed by atoms with E-state index in [-0.39, 0.29) is 6.04 Å². The lowest BCUT2D eigenvalue weighted by atomic mass is 9.98. The molecule has 0 aliphatic carbocycles. The molecule has 0 spiro atoms. The van der Waals surface area contributed by atoms with Gasteiger partial charge >= 0.3 is 0 Å². The number of thiazole rings is 1. The minimum atomic E-state index is 0.105. The number of nitrogens with one attached hydrogen (secondary N) is 1. The Kier molecular flexibility index (Phi) is 3.78. The van der Waals surface area contributed by atoms with E-state index in [9.17, 15) is 0 Å². The molecule has 1 aromatic heterocycles. The number of nitrogens with zero attached hydrogens (tertiary/aromatic N) is 1. The Hall–Kier alpha value is -1.75. The Morgan fingerprint density at radius 3 is 2.75 bits per heavy atom. The molecule has 0 aliphatic rings. The smallest absolute Gasteiger partial charge is 0.0798 e. The molecule has 0 saturated carbocycles. The van der Waals surface area contributed by atoms with Gasteiger partial charge in [0.15, 0.2) is 0 Å². The van der Waals surface area contributed by atoms with E-state index in [1.807, 2.05) is 12.4 Å². The van der Waals surface area contributed by atoms with Crippen molar-refractivity contribution in [3.05, 3.63) is 64.1 Å². The highest BCUT2D eigenvalue weighted by atomic mass is 32.1. The number of benzene rings is 2. The van der Waals surface area contributed by atoms with Gasteiger partial charge in [0.2, 0.25) is 0 Å². The fourth-order valence-corrected chi connectivity index (χ4v) is 3.43. The number of hydrogen-bond acceptors (Lipinski definition) is 4. The Labute approximate surface area is 122 Å². The van der Waals surface area contributed by atoms with Gasteiger partial charge in [0.1, 0.15) is 0 Å². The molecule has 3 rings (SSSR count). The first-order chi connectivity index (χ1) is 9.79. The first kappa shape index (κ1) is 13.2. The third-order valence-corrected chi connectivity index (χ3v) is 4.65. The second-order valence-electron chi connectivity index (χ2n) is 4.86. The van der Waals surface area contributed by atoms with Crippen molar-refractivity contribution in [3.63, 3.8) is 0 Å². The highest BCUT2D eigenvalue weighted by Crippen LogP contribution is 2.27.